The van der Waals surface area contributed by atoms with Crippen molar-refractivity contribution in [1.29, 1.82) is 0 Å². The molecule has 0 aromatic heterocycles. The first kappa shape index (κ1) is 25.6. The summed E-state index contributed by atoms with van der Waals surface area (Å²) in [6, 6.07) is 19.7. The molecule has 0 saturated carbocycles. The summed E-state index contributed by atoms with van der Waals surface area (Å²) in [5, 5.41) is 1.79. The molecule has 3 aromatic rings. The third-order valence-electron chi connectivity index (χ3n) is 5.79. The molecule has 36 heavy (non-hydrogen) atoms. The average molecular weight is 510 g/mol. The predicted octanol–water partition coefficient (Wildman–Crippen LogP) is 6.62. The number of nitrogens with one attached hydrogen (secondary N) is 1. The first-order valence-electron chi connectivity index (χ1n) is 11.8. The Kier molecular flexibility index (Phi) is 8.15. The van der Waals surface area contributed by atoms with E-state index in [2.05, 4.69) is 12.2 Å². The Morgan fingerprint density at radius 1 is 0.917 bits per heavy atom. The highest BCUT2D eigenvalue weighted by atomic mass is 32.2. The monoisotopic (exact) mass is 509 g/mol. The first-order valence-corrected chi connectivity index (χ1v) is 12.7. The number of rotatable bonds is 11. The topological polar surface area (TPSA) is 73.9 Å². The van der Waals surface area contributed by atoms with Crippen molar-refractivity contribution in [2.45, 2.75) is 38.6 Å². The van der Waals surface area contributed by atoms with Gasteiger partial charge in [-0.3, -0.25) is 9.59 Å². The number of amides is 1. The van der Waals surface area contributed by atoms with Crippen LogP contribution in [0.3, 0.4) is 0 Å². The average Bonchev–Trinajstić information content (AvgIpc) is 3.13. The second-order valence-corrected chi connectivity index (χ2v) is 9.50. The lowest BCUT2D eigenvalue weighted by atomic mass is 9.93. The van der Waals surface area contributed by atoms with Crippen LogP contribution in [0, 0.1) is 5.82 Å². The maximum Gasteiger partial charge on any atom is 0.287 e. The van der Waals surface area contributed by atoms with Gasteiger partial charge < -0.3 is 19.5 Å². The summed E-state index contributed by atoms with van der Waals surface area (Å²) in [5.41, 5.74) is 0.197. The van der Waals surface area contributed by atoms with Gasteiger partial charge in [0.05, 0.1) is 13.2 Å². The van der Waals surface area contributed by atoms with Crippen LogP contribution >= 0.6 is 11.8 Å². The highest BCUT2D eigenvalue weighted by molar-refractivity contribution is 8.26. The van der Waals surface area contributed by atoms with Gasteiger partial charge in [0.2, 0.25) is 5.12 Å². The summed E-state index contributed by atoms with van der Waals surface area (Å²) in [5.74, 6) is 1.82. The van der Waals surface area contributed by atoms with Crippen molar-refractivity contribution in [3.63, 3.8) is 0 Å². The molecule has 1 N–H and O–H groups in total. The molecule has 0 bridgehead atoms. The standard InChI is InChI=1S/C28H28FNO5S/c1-3-8-19-17-22(35-21-9-5-4-6-10-21)12-14-24(19)33-15-7-16-34-25-13-11-20(18-23(25)29)28(2)26(31)36-27(32)30-28/h4-6,9-14,17-18H,3,7-8,15-16H2,1-2H3,(H,30,32). The Bertz CT molecular complexity index is 1240. The third-order valence-corrected chi connectivity index (χ3v) is 6.67. The van der Waals surface area contributed by atoms with Gasteiger partial charge in [-0.2, -0.15) is 0 Å². The van der Waals surface area contributed by atoms with Crippen molar-refractivity contribution >= 4 is 22.1 Å². The second-order valence-electron chi connectivity index (χ2n) is 8.56. The molecule has 0 aliphatic carbocycles. The minimum atomic E-state index is -1.24. The van der Waals surface area contributed by atoms with Crippen LogP contribution < -0.4 is 19.5 Å². The molecule has 1 saturated heterocycles. The molecule has 0 radical (unpaired) electrons. The molecular formula is C28H28FNO5S. The summed E-state index contributed by atoms with van der Waals surface area (Å²) in [7, 11) is 0. The zero-order valence-corrected chi connectivity index (χ0v) is 21.0. The number of carbonyl (C=O) groups excluding carboxylic acids is 2. The van der Waals surface area contributed by atoms with E-state index in [1.807, 2.05) is 48.5 Å². The van der Waals surface area contributed by atoms with Gasteiger partial charge in [-0.25, -0.2) is 4.39 Å². The normalized spacial score (nSPS) is 17.1. The lowest BCUT2D eigenvalue weighted by molar-refractivity contribution is -0.115. The van der Waals surface area contributed by atoms with Gasteiger partial charge in [0.25, 0.3) is 5.24 Å². The highest BCUT2D eigenvalue weighted by Gasteiger charge is 2.44. The summed E-state index contributed by atoms with van der Waals surface area (Å²) in [6.45, 7) is 4.34. The van der Waals surface area contributed by atoms with Crippen LogP contribution in [0.25, 0.3) is 0 Å². The minimum Gasteiger partial charge on any atom is -0.493 e. The van der Waals surface area contributed by atoms with Gasteiger partial charge >= 0.3 is 0 Å². The lowest BCUT2D eigenvalue weighted by Crippen LogP contribution is -2.40. The molecule has 1 fully saturated rings. The fourth-order valence-corrected chi connectivity index (χ4v) is 4.66. The molecule has 6 nitrogen and oxygen atoms in total. The quantitative estimate of drug-likeness (QED) is 0.293. The lowest BCUT2D eigenvalue weighted by Gasteiger charge is -2.22. The van der Waals surface area contributed by atoms with Crippen LogP contribution in [-0.2, 0) is 16.8 Å². The van der Waals surface area contributed by atoms with E-state index in [4.69, 9.17) is 14.2 Å². The summed E-state index contributed by atoms with van der Waals surface area (Å²) in [6.07, 6.45) is 2.38. The van der Waals surface area contributed by atoms with Gasteiger partial charge in [0.1, 0.15) is 22.8 Å². The number of ether oxygens (including phenoxy) is 3. The molecule has 188 valence electrons. The van der Waals surface area contributed by atoms with Gasteiger partial charge in [-0.1, -0.05) is 37.6 Å². The van der Waals surface area contributed by atoms with E-state index in [0.717, 1.165) is 35.7 Å². The van der Waals surface area contributed by atoms with Gasteiger partial charge in [-0.15, -0.1) is 0 Å². The molecule has 1 heterocycles. The summed E-state index contributed by atoms with van der Waals surface area (Å²) >= 11 is 0.591. The fraction of sp³-hybridized carbons (Fsp3) is 0.286. The number of thioether (sulfide) groups is 1. The highest BCUT2D eigenvalue weighted by Crippen LogP contribution is 2.35. The maximum atomic E-state index is 14.6. The van der Waals surface area contributed by atoms with Crippen molar-refractivity contribution in [2.75, 3.05) is 13.2 Å². The third kappa shape index (κ3) is 5.99. The number of carbonyl (C=O) groups is 2. The number of hydrogen-bond donors (Lipinski definition) is 1. The first-order chi connectivity index (χ1) is 17.4. The van der Waals surface area contributed by atoms with Gasteiger partial charge in [0.15, 0.2) is 11.6 Å². The molecule has 1 amide bonds. The van der Waals surface area contributed by atoms with E-state index in [1.165, 1.54) is 12.1 Å². The molecular weight excluding hydrogens is 481 g/mol. The van der Waals surface area contributed by atoms with Crippen molar-refractivity contribution in [3.05, 3.63) is 83.7 Å². The number of aryl methyl sites for hydroxylation is 1. The Morgan fingerprint density at radius 2 is 1.64 bits per heavy atom. The van der Waals surface area contributed by atoms with Crippen LogP contribution in [0.4, 0.5) is 9.18 Å². The SMILES string of the molecule is CCCc1cc(Oc2ccccc2)ccc1OCCCOc1ccc(C2(C)NC(=O)SC2=O)cc1F. The zero-order valence-electron chi connectivity index (χ0n) is 20.2. The van der Waals surface area contributed by atoms with E-state index in [1.54, 1.807) is 13.0 Å². The number of para-hydroxylation sites is 1. The summed E-state index contributed by atoms with van der Waals surface area (Å²) < 4.78 is 32.1. The second kappa shape index (κ2) is 11.5. The van der Waals surface area contributed by atoms with Crippen molar-refractivity contribution < 1.29 is 28.2 Å². The molecule has 1 aliphatic heterocycles. The molecule has 1 unspecified atom stereocenters. The number of halogens is 1. The molecule has 1 atom stereocenters. The zero-order chi connectivity index (χ0) is 25.5. The largest absolute Gasteiger partial charge is 0.493 e. The predicted molar refractivity (Wildman–Crippen MR) is 137 cm³/mol. The number of hydrogen-bond acceptors (Lipinski definition) is 6. The van der Waals surface area contributed by atoms with Gasteiger partial charge in [-0.05, 0) is 66.9 Å². The summed E-state index contributed by atoms with van der Waals surface area (Å²) in [4.78, 5) is 23.7. The smallest absolute Gasteiger partial charge is 0.287 e. The van der Waals surface area contributed by atoms with E-state index in [0.29, 0.717) is 30.4 Å². The van der Waals surface area contributed by atoms with Crippen LogP contribution in [0.2, 0.25) is 0 Å². The Labute approximate surface area is 214 Å². The number of benzene rings is 3. The van der Waals surface area contributed by atoms with E-state index in [-0.39, 0.29) is 17.5 Å². The van der Waals surface area contributed by atoms with Crippen molar-refractivity contribution in [3.8, 4) is 23.0 Å². The van der Waals surface area contributed by atoms with E-state index < -0.39 is 16.6 Å². The molecule has 3 aromatic carbocycles. The van der Waals surface area contributed by atoms with Crippen molar-refractivity contribution in [2.24, 2.45) is 0 Å². The fourth-order valence-electron chi connectivity index (χ4n) is 3.86. The Balaban J connectivity index is 1.29. The van der Waals surface area contributed by atoms with Crippen LogP contribution in [0.5, 0.6) is 23.0 Å². The molecule has 0 spiro atoms. The maximum absolute atomic E-state index is 14.6. The van der Waals surface area contributed by atoms with Crippen LogP contribution in [0.15, 0.2) is 66.7 Å². The van der Waals surface area contributed by atoms with Gasteiger partial charge in [0, 0.05) is 18.2 Å². The van der Waals surface area contributed by atoms with Crippen molar-refractivity contribution in [1.82, 2.24) is 5.32 Å². The van der Waals surface area contributed by atoms with E-state index in [9.17, 15) is 14.0 Å². The minimum absolute atomic E-state index is 0.0841. The Hall–Kier alpha value is -3.52. The Morgan fingerprint density at radius 3 is 2.31 bits per heavy atom. The van der Waals surface area contributed by atoms with Crippen LogP contribution in [0.1, 0.15) is 37.8 Å². The molecule has 8 heteroatoms. The molecule has 1 aliphatic rings. The van der Waals surface area contributed by atoms with E-state index >= 15 is 0 Å². The molecule has 4 rings (SSSR count). The van der Waals surface area contributed by atoms with Crippen LogP contribution in [-0.4, -0.2) is 23.6 Å².